The molecule has 6 nitrogen and oxygen atoms in total. The molecule has 1 aliphatic heterocycles. The first-order chi connectivity index (χ1) is 12.4. The van der Waals surface area contributed by atoms with Gasteiger partial charge in [0.25, 0.3) is 0 Å². The van der Waals surface area contributed by atoms with Gasteiger partial charge in [-0.3, -0.25) is 19.4 Å². The Hall–Kier alpha value is -1.92. The van der Waals surface area contributed by atoms with Crippen LogP contribution in [-0.2, 0) is 9.59 Å². The van der Waals surface area contributed by atoms with Crippen molar-refractivity contribution in [1.29, 1.82) is 0 Å². The minimum absolute atomic E-state index is 0.0265. The molecule has 1 saturated heterocycles. The van der Waals surface area contributed by atoms with Gasteiger partial charge in [-0.2, -0.15) is 0 Å². The Bertz CT molecular complexity index is 664. The van der Waals surface area contributed by atoms with Crippen LogP contribution in [0.3, 0.4) is 0 Å². The molecule has 1 unspecified atom stereocenters. The summed E-state index contributed by atoms with van der Waals surface area (Å²) in [5.74, 6) is 0.153. The molecular weight excluding hydrogens is 328 g/mol. The number of benzene rings is 1. The van der Waals surface area contributed by atoms with Crippen LogP contribution >= 0.6 is 0 Å². The summed E-state index contributed by atoms with van der Waals surface area (Å²) in [6.45, 7) is 9.69. The third-order valence-electron chi connectivity index (χ3n) is 5.29. The van der Waals surface area contributed by atoms with E-state index in [0.717, 1.165) is 55.8 Å². The molecule has 0 aromatic heterocycles. The molecule has 1 saturated carbocycles. The lowest BCUT2D eigenvalue weighted by Gasteiger charge is -2.37. The van der Waals surface area contributed by atoms with Crippen LogP contribution in [0.2, 0.25) is 0 Å². The molecule has 0 radical (unpaired) electrons. The van der Waals surface area contributed by atoms with Crippen molar-refractivity contribution in [2.45, 2.75) is 45.7 Å². The number of anilines is 1. The van der Waals surface area contributed by atoms with Crippen molar-refractivity contribution in [3.05, 3.63) is 29.3 Å². The lowest BCUT2D eigenvalue weighted by atomic mass is 10.1. The van der Waals surface area contributed by atoms with Crippen LogP contribution in [0.4, 0.5) is 5.69 Å². The molecule has 1 heterocycles. The third kappa shape index (κ3) is 5.05. The van der Waals surface area contributed by atoms with E-state index in [-0.39, 0.29) is 17.9 Å². The van der Waals surface area contributed by atoms with Crippen LogP contribution in [0.1, 0.15) is 30.9 Å². The van der Waals surface area contributed by atoms with Gasteiger partial charge in [-0.25, -0.2) is 0 Å². The topological polar surface area (TPSA) is 64.7 Å². The van der Waals surface area contributed by atoms with Crippen LogP contribution in [0.15, 0.2) is 18.2 Å². The van der Waals surface area contributed by atoms with Crippen molar-refractivity contribution in [2.24, 2.45) is 0 Å². The van der Waals surface area contributed by atoms with Gasteiger partial charge in [0.1, 0.15) is 0 Å². The molecule has 26 heavy (non-hydrogen) atoms. The molecule has 2 aliphatic rings. The predicted molar refractivity (Wildman–Crippen MR) is 103 cm³/mol. The smallest absolute Gasteiger partial charge is 0.241 e. The van der Waals surface area contributed by atoms with Gasteiger partial charge in [-0.05, 0) is 50.8 Å². The Morgan fingerprint density at radius 2 is 1.85 bits per heavy atom. The van der Waals surface area contributed by atoms with E-state index in [1.54, 1.807) is 0 Å². The Morgan fingerprint density at radius 3 is 2.50 bits per heavy atom. The second-order valence-corrected chi connectivity index (χ2v) is 7.64. The number of hydrogen-bond acceptors (Lipinski definition) is 4. The van der Waals surface area contributed by atoms with Gasteiger partial charge in [0.2, 0.25) is 11.8 Å². The summed E-state index contributed by atoms with van der Waals surface area (Å²) in [6.07, 6.45) is 2.24. The molecule has 3 rings (SSSR count). The maximum atomic E-state index is 12.6. The van der Waals surface area contributed by atoms with Gasteiger partial charge in [0, 0.05) is 37.9 Å². The fourth-order valence-electron chi connectivity index (χ4n) is 3.29. The molecule has 1 aromatic carbocycles. The Kier molecular flexibility index (Phi) is 5.94. The molecule has 142 valence electrons. The average molecular weight is 358 g/mol. The minimum atomic E-state index is -0.183. The summed E-state index contributed by atoms with van der Waals surface area (Å²) >= 11 is 0. The van der Waals surface area contributed by atoms with Crippen molar-refractivity contribution >= 4 is 17.5 Å². The van der Waals surface area contributed by atoms with Crippen molar-refractivity contribution in [1.82, 2.24) is 15.1 Å². The maximum absolute atomic E-state index is 12.6. The second-order valence-electron chi connectivity index (χ2n) is 7.64. The van der Waals surface area contributed by atoms with E-state index < -0.39 is 0 Å². The number of carbonyl (C=O) groups is 2. The zero-order valence-electron chi connectivity index (χ0n) is 16.0. The van der Waals surface area contributed by atoms with Crippen LogP contribution in [-0.4, -0.2) is 66.4 Å². The van der Waals surface area contributed by atoms with Gasteiger partial charge >= 0.3 is 0 Å². The number of nitrogens with one attached hydrogen (secondary N) is 2. The number of piperazine rings is 1. The van der Waals surface area contributed by atoms with E-state index in [2.05, 4.69) is 20.4 Å². The highest BCUT2D eigenvalue weighted by Gasteiger charge is 2.28. The normalized spacial score (nSPS) is 19.8. The quantitative estimate of drug-likeness (QED) is 0.809. The second kappa shape index (κ2) is 8.18. The standard InChI is InChI=1S/C20H30N4O2/c1-14-4-5-15(2)18(12-14)22-20(26)16(3)24-10-8-23(9-11-24)13-19(25)21-17-6-7-17/h4-5,12,16-17H,6-11,13H2,1-3H3,(H,21,25)(H,22,26). The fourth-order valence-corrected chi connectivity index (χ4v) is 3.29. The average Bonchev–Trinajstić information content (AvgIpc) is 3.42. The van der Waals surface area contributed by atoms with Gasteiger partial charge in [-0.1, -0.05) is 12.1 Å². The number of hydrogen-bond donors (Lipinski definition) is 2. The highest BCUT2D eigenvalue weighted by Crippen LogP contribution is 2.19. The monoisotopic (exact) mass is 358 g/mol. The minimum Gasteiger partial charge on any atom is -0.352 e. The van der Waals surface area contributed by atoms with Crippen molar-refractivity contribution in [3.63, 3.8) is 0 Å². The summed E-state index contributed by atoms with van der Waals surface area (Å²) in [5, 5.41) is 6.09. The van der Waals surface area contributed by atoms with Crippen LogP contribution in [0, 0.1) is 13.8 Å². The Labute approximate surface area is 155 Å². The first-order valence-electron chi connectivity index (χ1n) is 9.56. The van der Waals surface area contributed by atoms with Gasteiger partial charge in [-0.15, -0.1) is 0 Å². The molecule has 2 amide bonds. The Balaban J connectivity index is 1.46. The van der Waals surface area contributed by atoms with Crippen molar-refractivity contribution in [2.75, 3.05) is 38.0 Å². The third-order valence-corrected chi connectivity index (χ3v) is 5.29. The lowest BCUT2D eigenvalue weighted by Crippen LogP contribution is -2.54. The van der Waals surface area contributed by atoms with Gasteiger partial charge in [0.05, 0.1) is 12.6 Å². The molecule has 1 aliphatic carbocycles. The van der Waals surface area contributed by atoms with E-state index in [1.165, 1.54) is 0 Å². The summed E-state index contributed by atoms with van der Waals surface area (Å²) < 4.78 is 0. The van der Waals surface area contributed by atoms with E-state index >= 15 is 0 Å². The highest BCUT2D eigenvalue weighted by molar-refractivity contribution is 5.95. The molecule has 1 aromatic rings. The number of amides is 2. The number of carbonyl (C=O) groups excluding carboxylic acids is 2. The summed E-state index contributed by atoms with van der Waals surface area (Å²) in [4.78, 5) is 28.9. The molecule has 0 bridgehead atoms. The fraction of sp³-hybridized carbons (Fsp3) is 0.600. The lowest BCUT2D eigenvalue weighted by molar-refractivity contribution is -0.124. The molecule has 1 atom stereocenters. The van der Waals surface area contributed by atoms with Crippen LogP contribution in [0.25, 0.3) is 0 Å². The molecular formula is C20H30N4O2. The summed E-state index contributed by atoms with van der Waals surface area (Å²) in [5.41, 5.74) is 3.09. The van der Waals surface area contributed by atoms with E-state index in [1.807, 2.05) is 39.0 Å². The molecule has 2 N–H and O–H groups in total. The first kappa shape index (κ1) is 18.9. The molecule has 2 fully saturated rings. The number of rotatable bonds is 6. The van der Waals surface area contributed by atoms with Crippen LogP contribution < -0.4 is 10.6 Å². The predicted octanol–water partition coefficient (Wildman–Crippen LogP) is 1.53. The van der Waals surface area contributed by atoms with E-state index in [0.29, 0.717) is 12.6 Å². The van der Waals surface area contributed by atoms with E-state index in [9.17, 15) is 9.59 Å². The highest BCUT2D eigenvalue weighted by atomic mass is 16.2. The van der Waals surface area contributed by atoms with Crippen molar-refractivity contribution in [3.8, 4) is 0 Å². The van der Waals surface area contributed by atoms with Crippen molar-refractivity contribution < 1.29 is 9.59 Å². The number of aryl methyl sites for hydroxylation is 2. The Morgan fingerprint density at radius 1 is 1.15 bits per heavy atom. The van der Waals surface area contributed by atoms with Gasteiger partial charge < -0.3 is 10.6 Å². The van der Waals surface area contributed by atoms with E-state index in [4.69, 9.17) is 0 Å². The van der Waals surface area contributed by atoms with Crippen LogP contribution in [0.5, 0.6) is 0 Å². The van der Waals surface area contributed by atoms with Gasteiger partial charge in [0.15, 0.2) is 0 Å². The molecule has 0 spiro atoms. The summed E-state index contributed by atoms with van der Waals surface area (Å²) in [6, 6.07) is 6.32. The largest absolute Gasteiger partial charge is 0.352 e. The first-order valence-corrected chi connectivity index (χ1v) is 9.56. The maximum Gasteiger partial charge on any atom is 0.241 e. The zero-order valence-corrected chi connectivity index (χ0v) is 16.0. The number of nitrogens with zero attached hydrogens (tertiary/aromatic N) is 2. The summed E-state index contributed by atoms with van der Waals surface area (Å²) in [7, 11) is 0. The zero-order chi connectivity index (χ0) is 18.7. The molecule has 6 heteroatoms. The SMILES string of the molecule is Cc1ccc(C)c(NC(=O)C(C)N2CCN(CC(=O)NC3CC3)CC2)c1.